The summed E-state index contributed by atoms with van der Waals surface area (Å²) >= 11 is 0. The average Bonchev–Trinajstić information content (AvgIpc) is 2.25. The highest BCUT2D eigenvalue weighted by Gasteiger charge is 2.32. The Morgan fingerprint density at radius 3 is 2.59 bits per heavy atom. The van der Waals surface area contributed by atoms with E-state index in [1.165, 1.54) is 19.1 Å². The molecule has 0 bridgehead atoms. The van der Waals surface area contributed by atoms with E-state index in [1.807, 2.05) is 0 Å². The molecule has 0 heterocycles. The number of aryl methyl sites for hydroxylation is 1. The second-order valence-electron chi connectivity index (χ2n) is 3.51. The summed E-state index contributed by atoms with van der Waals surface area (Å²) in [6.45, 7) is 1.08. The Kier molecular flexibility index (Phi) is 4.11. The van der Waals surface area contributed by atoms with Crippen molar-refractivity contribution in [2.75, 3.05) is 13.2 Å². The first-order chi connectivity index (χ1) is 7.86. The molecular formula is C11H12F3NO2. The van der Waals surface area contributed by atoms with E-state index in [0.29, 0.717) is 0 Å². The lowest BCUT2D eigenvalue weighted by Gasteiger charge is -2.11. The molecule has 3 nitrogen and oxygen atoms in total. The number of alkyl halides is 3. The number of carbonyl (C=O) groups is 1. The lowest BCUT2D eigenvalue weighted by molar-refractivity contribution is -0.138. The highest BCUT2D eigenvalue weighted by atomic mass is 19.4. The van der Waals surface area contributed by atoms with Crippen LogP contribution >= 0.6 is 0 Å². The fraction of sp³-hybridized carbons (Fsp3) is 0.364. The maximum Gasteiger partial charge on any atom is 0.416 e. The molecule has 1 amide bonds. The molecule has 0 atom stereocenters. The predicted octanol–water partition coefficient (Wildman–Crippen LogP) is 1.74. The van der Waals surface area contributed by atoms with Gasteiger partial charge in [-0.3, -0.25) is 4.79 Å². The Balaban J connectivity index is 3.00. The van der Waals surface area contributed by atoms with Crippen LogP contribution in [0.25, 0.3) is 0 Å². The molecular weight excluding hydrogens is 235 g/mol. The quantitative estimate of drug-likeness (QED) is 0.854. The van der Waals surface area contributed by atoms with E-state index in [-0.39, 0.29) is 24.3 Å². The summed E-state index contributed by atoms with van der Waals surface area (Å²) in [5, 5.41) is 10.8. The van der Waals surface area contributed by atoms with Crippen molar-refractivity contribution in [2.24, 2.45) is 0 Å². The second kappa shape index (κ2) is 5.18. The van der Waals surface area contributed by atoms with Gasteiger partial charge in [0.1, 0.15) is 0 Å². The van der Waals surface area contributed by atoms with E-state index in [9.17, 15) is 18.0 Å². The SMILES string of the molecule is Cc1ccc(C(=O)NCCO)cc1C(F)(F)F. The van der Waals surface area contributed by atoms with E-state index in [4.69, 9.17) is 5.11 Å². The largest absolute Gasteiger partial charge is 0.416 e. The number of halogens is 3. The normalized spacial score (nSPS) is 11.4. The molecule has 0 aliphatic carbocycles. The van der Waals surface area contributed by atoms with Gasteiger partial charge in [0.2, 0.25) is 0 Å². The number of aliphatic hydroxyl groups is 1. The molecule has 94 valence electrons. The number of nitrogens with one attached hydrogen (secondary N) is 1. The zero-order chi connectivity index (χ0) is 13.1. The third-order valence-corrected chi connectivity index (χ3v) is 2.20. The summed E-state index contributed by atoms with van der Waals surface area (Å²) in [6, 6.07) is 3.37. The van der Waals surface area contributed by atoms with Crippen molar-refractivity contribution >= 4 is 5.91 Å². The fourth-order valence-electron chi connectivity index (χ4n) is 1.34. The molecule has 0 spiro atoms. The Morgan fingerprint density at radius 2 is 2.06 bits per heavy atom. The second-order valence-corrected chi connectivity index (χ2v) is 3.51. The number of carbonyl (C=O) groups excluding carboxylic acids is 1. The minimum atomic E-state index is -4.47. The van der Waals surface area contributed by atoms with Crippen molar-refractivity contribution in [3.63, 3.8) is 0 Å². The highest BCUT2D eigenvalue weighted by Crippen LogP contribution is 2.32. The molecule has 0 aliphatic heterocycles. The monoisotopic (exact) mass is 247 g/mol. The van der Waals surface area contributed by atoms with Gasteiger partial charge in [0.25, 0.3) is 5.91 Å². The topological polar surface area (TPSA) is 49.3 Å². The first-order valence-corrected chi connectivity index (χ1v) is 4.93. The highest BCUT2D eigenvalue weighted by molar-refractivity contribution is 5.94. The van der Waals surface area contributed by atoms with E-state index >= 15 is 0 Å². The van der Waals surface area contributed by atoms with Crippen LogP contribution in [-0.4, -0.2) is 24.2 Å². The third-order valence-electron chi connectivity index (χ3n) is 2.20. The Morgan fingerprint density at radius 1 is 1.41 bits per heavy atom. The lowest BCUT2D eigenvalue weighted by Crippen LogP contribution is -2.26. The van der Waals surface area contributed by atoms with Crippen LogP contribution in [0.1, 0.15) is 21.5 Å². The van der Waals surface area contributed by atoms with Crippen LogP contribution in [0.15, 0.2) is 18.2 Å². The summed E-state index contributed by atoms with van der Waals surface area (Å²) in [5.74, 6) is -0.635. The number of aliphatic hydroxyl groups excluding tert-OH is 1. The lowest BCUT2D eigenvalue weighted by atomic mass is 10.0. The van der Waals surface area contributed by atoms with Crippen LogP contribution < -0.4 is 5.32 Å². The van der Waals surface area contributed by atoms with E-state index < -0.39 is 17.6 Å². The maximum atomic E-state index is 12.6. The van der Waals surface area contributed by atoms with Crippen molar-refractivity contribution in [2.45, 2.75) is 13.1 Å². The van der Waals surface area contributed by atoms with Crippen LogP contribution in [0.3, 0.4) is 0 Å². The number of amides is 1. The zero-order valence-electron chi connectivity index (χ0n) is 9.14. The van der Waals surface area contributed by atoms with Crippen molar-refractivity contribution in [3.8, 4) is 0 Å². The molecule has 1 rings (SSSR count). The van der Waals surface area contributed by atoms with Gasteiger partial charge in [0.05, 0.1) is 12.2 Å². The number of hydrogen-bond acceptors (Lipinski definition) is 2. The molecule has 0 saturated carbocycles. The van der Waals surface area contributed by atoms with Gasteiger partial charge in [-0.1, -0.05) is 6.07 Å². The van der Waals surface area contributed by atoms with Gasteiger partial charge in [0.15, 0.2) is 0 Å². The molecule has 0 unspecified atom stereocenters. The molecule has 0 fully saturated rings. The molecule has 0 radical (unpaired) electrons. The Bertz CT molecular complexity index is 416. The van der Waals surface area contributed by atoms with Crippen LogP contribution in [0, 0.1) is 6.92 Å². The van der Waals surface area contributed by atoms with Crippen LogP contribution in [0.5, 0.6) is 0 Å². The third kappa shape index (κ3) is 3.45. The number of hydrogen-bond donors (Lipinski definition) is 2. The van der Waals surface area contributed by atoms with Crippen molar-refractivity contribution in [3.05, 3.63) is 34.9 Å². The minimum Gasteiger partial charge on any atom is -0.395 e. The molecule has 0 saturated heterocycles. The first-order valence-electron chi connectivity index (χ1n) is 4.93. The van der Waals surface area contributed by atoms with E-state index in [1.54, 1.807) is 0 Å². The van der Waals surface area contributed by atoms with Gasteiger partial charge in [-0.2, -0.15) is 13.2 Å². The summed E-state index contributed by atoms with van der Waals surface area (Å²) in [4.78, 5) is 11.4. The van der Waals surface area contributed by atoms with Crippen LogP contribution in [-0.2, 0) is 6.18 Å². The molecule has 17 heavy (non-hydrogen) atoms. The van der Waals surface area contributed by atoms with Gasteiger partial charge in [0, 0.05) is 12.1 Å². The summed E-state index contributed by atoms with van der Waals surface area (Å²) < 4.78 is 37.7. The van der Waals surface area contributed by atoms with E-state index in [2.05, 4.69) is 5.32 Å². The fourth-order valence-corrected chi connectivity index (χ4v) is 1.34. The van der Waals surface area contributed by atoms with Gasteiger partial charge < -0.3 is 10.4 Å². The maximum absolute atomic E-state index is 12.6. The summed E-state index contributed by atoms with van der Waals surface area (Å²) in [7, 11) is 0. The number of rotatable bonds is 3. The van der Waals surface area contributed by atoms with Gasteiger partial charge in [-0.25, -0.2) is 0 Å². The van der Waals surface area contributed by atoms with Crippen LogP contribution in [0.2, 0.25) is 0 Å². The van der Waals surface area contributed by atoms with Gasteiger partial charge >= 0.3 is 6.18 Å². The smallest absolute Gasteiger partial charge is 0.395 e. The Hall–Kier alpha value is -1.56. The zero-order valence-corrected chi connectivity index (χ0v) is 9.14. The molecule has 1 aromatic carbocycles. The van der Waals surface area contributed by atoms with Crippen LogP contribution in [0.4, 0.5) is 13.2 Å². The molecule has 0 aliphatic rings. The molecule has 1 aromatic rings. The van der Waals surface area contributed by atoms with E-state index in [0.717, 1.165) is 6.07 Å². The molecule has 0 aromatic heterocycles. The summed E-state index contributed by atoms with van der Waals surface area (Å²) in [5.41, 5.74) is -0.832. The summed E-state index contributed by atoms with van der Waals surface area (Å²) in [6.07, 6.45) is -4.47. The van der Waals surface area contributed by atoms with Gasteiger partial charge in [-0.15, -0.1) is 0 Å². The van der Waals surface area contributed by atoms with Crippen molar-refractivity contribution < 1.29 is 23.1 Å². The van der Waals surface area contributed by atoms with Gasteiger partial charge in [-0.05, 0) is 24.6 Å². The Labute approximate surface area is 96.3 Å². The number of benzene rings is 1. The minimum absolute atomic E-state index is 0.00800. The first kappa shape index (κ1) is 13.5. The standard InChI is InChI=1S/C11H12F3NO2/c1-7-2-3-8(10(17)15-4-5-16)6-9(7)11(12,13)14/h2-3,6,16H,4-5H2,1H3,(H,15,17). The van der Waals surface area contributed by atoms with Crippen molar-refractivity contribution in [1.82, 2.24) is 5.32 Å². The van der Waals surface area contributed by atoms with Crippen molar-refractivity contribution in [1.29, 1.82) is 0 Å². The predicted molar refractivity (Wildman–Crippen MR) is 55.6 cm³/mol. The molecule has 6 heteroatoms. The average molecular weight is 247 g/mol. The molecule has 2 N–H and O–H groups in total.